The van der Waals surface area contributed by atoms with Gasteiger partial charge < -0.3 is 5.32 Å². The van der Waals surface area contributed by atoms with Crippen LogP contribution in [0, 0.1) is 6.92 Å². The summed E-state index contributed by atoms with van der Waals surface area (Å²) in [5.41, 5.74) is 4.18. The number of benzene rings is 2. The van der Waals surface area contributed by atoms with E-state index in [-0.39, 0.29) is 0 Å². The molecule has 1 heterocycles. The summed E-state index contributed by atoms with van der Waals surface area (Å²) in [5, 5.41) is 11.7. The predicted molar refractivity (Wildman–Crippen MR) is 81.9 cm³/mol. The second-order valence-electron chi connectivity index (χ2n) is 4.66. The zero-order valence-corrected chi connectivity index (χ0v) is 11.2. The SMILES string of the molecule is Cc1cccc(Nc2ccc(-c3ccccc3)nn2)c1. The van der Waals surface area contributed by atoms with Crippen LogP contribution in [0.3, 0.4) is 0 Å². The van der Waals surface area contributed by atoms with E-state index < -0.39 is 0 Å². The fourth-order valence-corrected chi connectivity index (χ4v) is 2.03. The highest BCUT2D eigenvalue weighted by atomic mass is 15.2. The van der Waals surface area contributed by atoms with Gasteiger partial charge in [0, 0.05) is 11.3 Å². The van der Waals surface area contributed by atoms with Crippen molar-refractivity contribution in [2.75, 3.05) is 5.32 Å². The minimum atomic E-state index is 0.746. The molecule has 0 radical (unpaired) electrons. The molecule has 0 fully saturated rings. The van der Waals surface area contributed by atoms with Crippen LogP contribution in [0.2, 0.25) is 0 Å². The first-order chi connectivity index (χ1) is 9.81. The Balaban J connectivity index is 1.80. The molecule has 3 rings (SSSR count). The Labute approximate surface area is 118 Å². The highest BCUT2D eigenvalue weighted by Gasteiger charge is 2.01. The Bertz CT molecular complexity index is 691. The van der Waals surface area contributed by atoms with Crippen molar-refractivity contribution in [1.29, 1.82) is 0 Å². The van der Waals surface area contributed by atoms with Crippen molar-refractivity contribution >= 4 is 11.5 Å². The van der Waals surface area contributed by atoms with Crippen molar-refractivity contribution in [3.63, 3.8) is 0 Å². The summed E-state index contributed by atoms with van der Waals surface area (Å²) >= 11 is 0. The molecule has 0 aliphatic carbocycles. The van der Waals surface area contributed by atoms with Crippen LogP contribution in [-0.2, 0) is 0 Å². The fraction of sp³-hybridized carbons (Fsp3) is 0.0588. The monoisotopic (exact) mass is 261 g/mol. The molecule has 0 aliphatic rings. The third-order valence-electron chi connectivity index (χ3n) is 3.02. The average molecular weight is 261 g/mol. The smallest absolute Gasteiger partial charge is 0.153 e. The van der Waals surface area contributed by atoms with Crippen LogP contribution in [-0.4, -0.2) is 10.2 Å². The molecule has 3 heteroatoms. The van der Waals surface area contributed by atoms with Gasteiger partial charge in [-0.3, -0.25) is 0 Å². The van der Waals surface area contributed by atoms with Gasteiger partial charge in [-0.15, -0.1) is 10.2 Å². The largest absolute Gasteiger partial charge is 0.339 e. The molecule has 1 aromatic heterocycles. The number of aromatic nitrogens is 2. The number of rotatable bonds is 3. The molecule has 98 valence electrons. The molecule has 3 nitrogen and oxygen atoms in total. The lowest BCUT2D eigenvalue weighted by Crippen LogP contribution is -1.96. The van der Waals surface area contributed by atoms with Gasteiger partial charge in [-0.1, -0.05) is 42.5 Å². The number of nitrogens with zero attached hydrogens (tertiary/aromatic N) is 2. The molecule has 0 unspecified atom stereocenters. The van der Waals surface area contributed by atoms with Crippen LogP contribution in [0.25, 0.3) is 11.3 Å². The molecule has 2 aromatic carbocycles. The van der Waals surface area contributed by atoms with Crippen molar-refractivity contribution in [2.45, 2.75) is 6.92 Å². The first-order valence-corrected chi connectivity index (χ1v) is 6.54. The van der Waals surface area contributed by atoms with E-state index in [1.54, 1.807) is 0 Å². The van der Waals surface area contributed by atoms with Gasteiger partial charge in [0.1, 0.15) is 0 Å². The van der Waals surface area contributed by atoms with E-state index in [0.29, 0.717) is 0 Å². The molecule has 0 saturated carbocycles. The summed E-state index contributed by atoms with van der Waals surface area (Å²) < 4.78 is 0. The van der Waals surface area contributed by atoms with Crippen LogP contribution in [0.15, 0.2) is 66.7 Å². The molecule has 0 amide bonds. The first-order valence-electron chi connectivity index (χ1n) is 6.54. The Kier molecular flexibility index (Phi) is 3.42. The lowest BCUT2D eigenvalue weighted by molar-refractivity contribution is 1.04. The van der Waals surface area contributed by atoms with Gasteiger partial charge in [0.15, 0.2) is 5.82 Å². The Morgan fingerprint density at radius 3 is 2.35 bits per heavy atom. The fourth-order valence-electron chi connectivity index (χ4n) is 2.03. The highest BCUT2D eigenvalue weighted by molar-refractivity contribution is 5.61. The second kappa shape index (κ2) is 5.53. The Morgan fingerprint density at radius 2 is 1.65 bits per heavy atom. The van der Waals surface area contributed by atoms with E-state index in [2.05, 4.69) is 34.6 Å². The minimum absolute atomic E-state index is 0.746. The maximum Gasteiger partial charge on any atom is 0.153 e. The number of hydrogen-bond donors (Lipinski definition) is 1. The summed E-state index contributed by atoms with van der Waals surface area (Å²) in [6, 6.07) is 22.1. The second-order valence-corrected chi connectivity index (χ2v) is 4.66. The maximum atomic E-state index is 4.26. The van der Waals surface area contributed by atoms with Crippen LogP contribution >= 0.6 is 0 Å². The summed E-state index contributed by atoms with van der Waals surface area (Å²) in [6.45, 7) is 2.06. The van der Waals surface area contributed by atoms with Crippen LogP contribution in [0.4, 0.5) is 11.5 Å². The normalized spacial score (nSPS) is 10.2. The molecule has 1 N–H and O–H groups in total. The van der Waals surface area contributed by atoms with Gasteiger partial charge in [0.05, 0.1) is 5.69 Å². The van der Waals surface area contributed by atoms with Crippen LogP contribution in [0.5, 0.6) is 0 Å². The Hall–Kier alpha value is -2.68. The third-order valence-corrected chi connectivity index (χ3v) is 3.02. The van der Waals surface area contributed by atoms with E-state index in [1.165, 1.54) is 5.56 Å². The van der Waals surface area contributed by atoms with Crippen molar-refractivity contribution in [3.8, 4) is 11.3 Å². The topological polar surface area (TPSA) is 37.8 Å². The van der Waals surface area contributed by atoms with Crippen molar-refractivity contribution in [1.82, 2.24) is 10.2 Å². The molecule has 0 atom stereocenters. The molecular weight excluding hydrogens is 246 g/mol. The lowest BCUT2D eigenvalue weighted by Gasteiger charge is -2.06. The lowest BCUT2D eigenvalue weighted by atomic mass is 10.1. The van der Waals surface area contributed by atoms with E-state index in [1.807, 2.05) is 54.6 Å². The Morgan fingerprint density at radius 1 is 0.800 bits per heavy atom. The molecule has 20 heavy (non-hydrogen) atoms. The van der Waals surface area contributed by atoms with Gasteiger partial charge in [-0.05, 0) is 36.8 Å². The average Bonchev–Trinajstić information content (AvgIpc) is 2.49. The van der Waals surface area contributed by atoms with Gasteiger partial charge >= 0.3 is 0 Å². The number of nitrogens with one attached hydrogen (secondary N) is 1. The minimum Gasteiger partial charge on any atom is -0.339 e. The maximum absolute atomic E-state index is 4.26. The number of aryl methyl sites for hydroxylation is 1. The standard InChI is InChI=1S/C17H15N3/c1-13-6-5-9-15(12-13)18-17-11-10-16(19-20-17)14-7-3-2-4-8-14/h2-12H,1H3,(H,18,20). The molecular formula is C17H15N3. The van der Waals surface area contributed by atoms with Crippen LogP contribution < -0.4 is 5.32 Å². The summed E-state index contributed by atoms with van der Waals surface area (Å²) in [7, 11) is 0. The molecule has 0 saturated heterocycles. The summed E-state index contributed by atoms with van der Waals surface area (Å²) in [4.78, 5) is 0. The van der Waals surface area contributed by atoms with Gasteiger partial charge in [-0.25, -0.2) is 0 Å². The van der Waals surface area contributed by atoms with E-state index in [0.717, 1.165) is 22.8 Å². The van der Waals surface area contributed by atoms with Gasteiger partial charge in [0.2, 0.25) is 0 Å². The quantitative estimate of drug-likeness (QED) is 0.768. The predicted octanol–water partition coefficient (Wildman–Crippen LogP) is 4.20. The van der Waals surface area contributed by atoms with E-state index in [9.17, 15) is 0 Å². The van der Waals surface area contributed by atoms with Gasteiger partial charge in [-0.2, -0.15) is 0 Å². The summed E-state index contributed by atoms with van der Waals surface area (Å²) in [6.07, 6.45) is 0. The zero-order chi connectivity index (χ0) is 13.8. The third kappa shape index (κ3) is 2.83. The van der Waals surface area contributed by atoms with E-state index in [4.69, 9.17) is 0 Å². The molecule has 0 spiro atoms. The molecule has 3 aromatic rings. The van der Waals surface area contributed by atoms with Gasteiger partial charge in [0.25, 0.3) is 0 Å². The zero-order valence-electron chi connectivity index (χ0n) is 11.2. The molecule has 0 bridgehead atoms. The first kappa shape index (κ1) is 12.4. The molecule has 0 aliphatic heterocycles. The van der Waals surface area contributed by atoms with Crippen molar-refractivity contribution in [2.24, 2.45) is 0 Å². The summed E-state index contributed by atoms with van der Waals surface area (Å²) in [5.74, 6) is 0.746. The van der Waals surface area contributed by atoms with E-state index >= 15 is 0 Å². The number of anilines is 2. The van der Waals surface area contributed by atoms with Crippen molar-refractivity contribution < 1.29 is 0 Å². The highest BCUT2D eigenvalue weighted by Crippen LogP contribution is 2.19. The number of hydrogen-bond acceptors (Lipinski definition) is 3. The van der Waals surface area contributed by atoms with Crippen LogP contribution in [0.1, 0.15) is 5.56 Å². The van der Waals surface area contributed by atoms with Crippen molar-refractivity contribution in [3.05, 3.63) is 72.3 Å².